The minimum atomic E-state index is -0.165. The van der Waals surface area contributed by atoms with Crippen LogP contribution in [0.25, 0.3) is 0 Å². The standard InChI is InChI=1S/C20H28N6O2.HI/c1-14-12-26(13-17(14)19(27)28-4)20(21-10-16-8-6-5-7-9-16)22-11-18-24-23-15(2)25(18)3;/h5-9,14,17H,10-13H2,1-4H3,(H,21,22);1H. The number of nitrogens with zero attached hydrogens (tertiary/aromatic N) is 5. The maximum Gasteiger partial charge on any atom is 0.310 e. The van der Waals surface area contributed by atoms with Crippen molar-refractivity contribution in [1.29, 1.82) is 0 Å². The number of methoxy groups -OCH3 is 1. The molecule has 1 aromatic heterocycles. The Morgan fingerprint density at radius 1 is 1.28 bits per heavy atom. The number of carbonyl (C=O) groups is 1. The van der Waals surface area contributed by atoms with Crippen LogP contribution in [0.15, 0.2) is 35.3 Å². The Labute approximate surface area is 188 Å². The largest absolute Gasteiger partial charge is 0.469 e. The molecule has 2 atom stereocenters. The molecule has 2 unspecified atom stereocenters. The second-order valence-corrected chi connectivity index (χ2v) is 7.21. The Morgan fingerprint density at radius 3 is 2.62 bits per heavy atom. The van der Waals surface area contributed by atoms with Crippen LogP contribution in [0.4, 0.5) is 0 Å². The van der Waals surface area contributed by atoms with Gasteiger partial charge in [0.05, 0.1) is 26.1 Å². The molecule has 0 aliphatic carbocycles. The summed E-state index contributed by atoms with van der Waals surface area (Å²) in [6.45, 7) is 6.41. The minimum Gasteiger partial charge on any atom is -0.469 e. The first-order valence-corrected chi connectivity index (χ1v) is 9.49. The molecule has 1 aromatic carbocycles. The summed E-state index contributed by atoms with van der Waals surface area (Å²) in [5.41, 5.74) is 1.13. The number of aromatic nitrogens is 3. The molecular weight excluding hydrogens is 483 g/mol. The van der Waals surface area contributed by atoms with Gasteiger partial charge < -0.3 is 19.5 Å². The number of guanidine groups is 1. The van der Waals surface area contributed by atoms with Crippen molar-refractivity contribution in [3.05, 3.63) is 47.5 Å². The summed E-state index contributed by atoms with van der Waals surface area (Å²) in [4.78, 5) is 19.0. The molecule has 1 fully saturated rings. The van der Waals surface area contributed by atoms with Gasteiger partial charge in [-0.25, -0.2) is 4.99 Å². The normalized spacial score (nSPS) is 19.0. The molecule has 1 aliphatic rings. The third-order valence-corrected chi connectivity index (χ3v) is 5.26. The van der Waals surface area contributed by atoms with E-state index in [-0.39, 0.29) is 41.8 Å². The topological polar surface area (TPSA) is 84.6 Å². The maximum atomic E-state index is 12.1. The van der Waals surface area contributed by atoms with Gasteiger partial charge in [-0.15, -0.1) is 34.2 Å². The van der Waals surface area contributed by atoms with Gasteiger partial charge >= 0.3 is 5.97 Å². The van der Waals surface area contributed by atoms with E-state index in [2.05, 4.69) is 39.5 Å². The summed E-state index contributed by atoms with van der Waals surface area (Å²) in [6, 6.07) is 10.1. The zero-order valence-electron chi connectivity index (χ0n) is 17.3. The van der Waals surface area contributed by atoms with Crippen LogP contribution in [-0.4, -0.2) is 51.8 Å². The number of aryl methyl sites for hydroxylation is 1. The third kappa shape index (κ3) is 5.68. The number of likely N-dealkylation sites (tertiary alicyclic amines) is 1. The van der Waals surface area contributed by atoms with Gasteiger partial charge in [0.15, 0.2) is 11.8 Å². The van der Waals surface area contributed by atoms with Crippen LogP contribution < -0.4 is 5.32 Å². The number of esters is 1. The number of halogens is 1. The molecule has 29 heavy (non-hydrogen) atoms. The summed E-state index contributed by atoms with van der Waals surface area (Å²) in [5, 5.41) is 11.7. The van der Waals surface area contributed by atoms with E-state index in [9.17, 15) is 4.79 Å². The molecule has 0 spiro atoms. The van der Waals surface area contributed by atoms with Crippen LogP contribution in [0.1, 0.15) is 24.1 Å². The lowest BCUT2D eigenvalue weighted by Gasteiger charge is -2.22. The van der Waals surface area contributed by atoms with E-state index in [1.54, 1.807) is 0 Å². The molecule has 9 heteroatoms. The van der Waals surface area contributed by atoms with Crippen LogP contribution >= 0.6 is 24.0 Å². The van der Waals surface area contributed by atoms with Gasteiger partial charge in [-0.3, -0.25) is 4.79 Å². The Kier molecular flexibility index (Phi) is 8.42. The number of nitrogens with one attached hydrogen (secondary N) is 1. The molecule has 2 aromatic rings. The smallest absolute Gasteiger partial charge is 0.310 e. The molecular formula is C20H29IN6O2. The molecule has 158 valence electrons. The molecule has 3 rings (SSSR count). The average molecular weight is 512 g/mol. The Bertz CT molecular complexity index is 839. The van der Waals surface area contributed by atoms with Gasteiger partial charge in [0.25, 0.3) is 0 Å². The molecule has 1 N–H and O–H groups in total. The second kappa shape index (κ2) is 10.6. The predicted octanol–water partition coefficient (Wildman–Crippen LogP) is 2.13. The average Bonchev–Trinajstić information content (AvgIpc) is 3.25. The number of hydrogen-bond acceptors (Lipinski definition) is 5. The first-order chi connectivity index (χ1) is 13.5. The van der Waals surface area contributed by atoms with Gasteiger partial charge in [-0.1, -0.05) is 37.3 Å². The van der Waals surface area contributed by atoms with E-state index in [1.165, 1.54) is 7.11 Å². The first-order valence-electron chi connectivity index (χ1n) is 9.49. The van der Waals surface area contributed by atoms with Crippen LogP contribution in [0.3, 0.4) is 0 Å². The van der Waals surface area contributed by atoms with Crippen molar-refractivity contribution in [2.45, 2.75) is 26.9 Å². The Hall–Kier alpha value is -2.17. The molecule has 2 heterocycles. The molecule has 0 bridgehead atoms. The summed E-state index contributed by atoms with van der Waals surface area (Å²) in [5.74, 6) is 2.35. The summed E-state index contributed by atoms with van der Waals surface area (Å²) >= 11 is 0. The van der Waals surface area contributed by atoms with E-state index < -0.39 is 0 Å². The maximum absolute atomic E-state index is 12.1. The molecule has 8 nitrogen and oxygen atoms in total. The third-order valence-electron chi connectivity index (χ3n) is 5.26. The second-order valence-electron chi connectivity index (χ2n) is 7.21. The van der Waals surface area contributed by atoms with E-state index in [4.69, 9.17) is 9.73 Å². The lowest BCUT2D eigenvalue weighted by molar-refractivity contribution is -0.145. The predicted molar refractivity (Wildman–Crippen MR) is 122 cm³/mol. The Morgan fingerprint density at radius 2 is 2.00 bits per heavy atom. The van der Waals surface area contributed by atoms with Crippen molar-refractivity contribution < 1.29 is 9.53 Å². The fourth-order valence-electron chi connectivity index (χ4n) is 3.38. The van der Waals surface area contributed by atoms with Gasteiger partial charge in [0.1, 0.15) is 5.82 Å². The number of ether oxygens (including phenoxy) is 1. The lowest BCUT2D eigenvalue weighted by atomic mass is 9.99. The van der Waals surface area contributed by atoms with Crippen molar-refractivity contribution >= 4 is 35.9 Å². The van der Waals surface area contributed by atoms with Crippen molar-refractivity contribution in [2.24, 2.45) is 23.9 Å². The number of carbonyl (C=O) groups excluding carboxylic acids is 1. The number of rotatable bonds is 5. The highest BCUT2D eigenvalue weighted by atomic mass is 127. The number of benzene rings is 1. The highest BCUT2D eigenvalue weighted by Crippen LogP contribution is 2.24. The highest BCUT2D eigenvalue weighted by molar-refractivity contribution is 14.0. The molecule has 1 saturated heterocycles. The van der Waals surface area contributed by atoms with Gasteiger partial charge in [-0.2, -0.15) is 0 Å². The van der Waals surface area contributed by atoms with Crippen molar-refractivity contribution in [3.8, 4) is 0 Å². The van der Waals surface area contributed by atoms with Gasteiger partial charge in [0.2, 0.25) is 0 Å². The summed E-state index contributed by atoms with van der Waals surface area (Å²) in [7, 11) is 3.38. The van der Waals surface area contributed by atoms with Crippen LogP contribution in [0.5, 0.6) is 0 Å². The minimum absolute atomic E-state index is 0. The molecule has 0 amide bonds. The van der Waals surface area contributed by atoms with Crippen LogP contribution in [-0.2, 0) is 29.7 Å². The Balaban J connectivity index is 0.00000300. The summed E-state index contributed by atoms with van der Waals surface area (Å²) < 4.78 is 6.91. The fourth-order valence-corrected chi connectivity index (χ4v) is 3.38. The first kappa shape index (κ1) is 23.1. The zero-order chi connectivity index (χ0) is 20.1. The SMILES string of the molecule is COC(=O)C1CN(C(=NCc2ccccc2)NCc2nnc(C)n2C)CC1C.I. The van der Waals surface area contributed by atoms with Crippen LogP contribution in [0, 0.1) is 18.8 Å². The van der Waals surface area contributed by atoms with Crippen molar-refractivity contribution in [2.75, 3.05) is 20.2 Å². The lowest BCUT2D eigenvalue weighted by Crippen LogP contribution is -2.40. The number of hydrogen-bond donors (Lipinski definition) is 1. The summed E-state index contributed by atoms with van der Waals surface area (Å²) in [6.07, 6.45) is 0. The van der Waals surface area contributed by atoms with Crippen LogP contribution in [0.2, 0.25) is 0 Å². The quantitative estimate of drug-likeness (QED) is 0.286. The van der Waals surface area contributed by atoms with E-state index in [1.807, 2.05) is 36.7 Å². The zero-order valence-corrected chi connectivity index (χ0v) is 19.7. The van der Waals surface area contributed by atoms with Gasteiger partial charge in [0, 0.05) is 20.1 Å². The van der Waals surface area contributed by atoms with E-state index in [0.29, 0.717) is 19.6 Å². The molecule has 0 radical (unpaired) electrons. The van der Waals surface area contributed by atoms with E-state index in [0.717, 1.165) is 29.7 Å². The van der Waals surface area contributed by atoms with Gasteiger partial charge in [-0.05, 0) is 18.4 Å². The molecule has 1 aliphatic heterocycles. The van der Waals surface area contributed by atoms with E-state index >= 15 is 0 Å². The van der Waals surface area contributed by atoms with Crippen molar-refractivity contribution in [3.63, 3.8) is 0 Å². The highest BCUT2D eigenvalue weighted by Gasteiger charge is 2.37. The fraction of sp³-hybridized carbons (Fsp3) is 0.500. The molecule has 0 saturated carbocycles. The number of aliphatic imine (C=N–C) groups is 1. The monoisotopic (exact) mass is 512 g/mol. The van der Waals surface area contributed by atoms with Crippen molar-refractivity contribution in [1.82, 2.24) is 25.0 Å².